The van der Waals surface area contributed by atoms with Crippen LogP contribution in [0.4, 0.5) is 10.5 Å². The highest BCUT2D eigenvalue weighted by Crippen LogP contribution is 2.38. The zero-order chi connectivity index (χ0) is 25.5. The Labute approximate surface area is 211 Å². The molecule has 1 fully saturated rings. The summed E-state index contributed by atoms with van der Waals surface area (Å²) in [4.78, 5) is 39.3. The minimum absolute atomic E-state index is 0.186. The van der Waals surface area contributed by atoms with Crippen LogP contribution >= 0.6 is 11.6 Å². The number of urea groups is 1. The van der Waals surface area contributed by atoms with Crippen LogP contribution in [0.5, 0.6) is 11.5 Å². The predicted octanol–water partition coefficient (Wildman–Crippen LogP) is 5.98. The molecule has 0 aliphatic carbocycles. The van der Waals surface area contributed by atoms with Crippen molar-refractivity contribution in [3.8, 4) is 11.5 Å². The first-order valence-electron chi connectivity index (χ1n) is 11.8. The fourth-order valence-corrected chi connectivity index (χ4v) is 3.97. The number of hydrogen-bond acceptors (Lipinski definition) is 5. The average Bonchev–Trinajstić information content (AvgIpc) is 2.80. The summed E-state index contributed by atoms with van der Waals surface area (Å²) in [6, 6.07) is 7.71. The topological polar surface area (TPSA) is 84.9 Å². The molecular weight excluding hydrogens is 468 g/mol. The van der Waals surface area contributed by atoms with Crippen LogP contribution in [0.15, 0.2) is 35.9 Å². The Morgan fingerprint density at radius 1 is 0.971 bits per heavy atom. The minimum Gasteiger partial charge on any atom is -0.490 e. The summed E-state index contributed by atoms with van der Waals surface area (Å²) < 4.78 is 11.6. The predicted molar refractivity (Wildman–Crippen MR) is 137 cm³/mol. The second-order valence-electron chi connectivity index (χ2n) is 8.40. The molecule has 1 N–H and O–H groups in total. The first-order valence-corrected chi connectivity index (χ1v) is 12.2. The van der Waals surface area contributed by atoms with Crippen molar-refractivity contribution in [3.63, 3.8) is 0 Å². The monoisotopic (exact) mass is 498 g/mol. The Bertz CT molecular complexity index is 1160. The first kappa shape index (κ1) is 26.3. The SMILES string of the molecule is CCCCCCOc1c(Cl)cc(/C=C2/C(=O)NC(=O)N(c3ccc(C)c(C)c3)C2=O)cc1OCC. The second-order valence-corrected chi connectivity index (χ2v) is 8.81. The number of ether oxygens (including phenoxy) is 2. The number of nitrogens with one attached hydrogen (secondary N) is 1. The van der Waals surface area contributed by atoms with Gasteiger partial charge in [0.1, 0.15) is 5.57 Å². The fraction of sp³-hybridized carbons (Fsp3) is 0.370. The molecule has 2 aromatic carbocycles. The van der Waals surface area contributed by atoms with Gasteiger partial charge in [0, 0.05) is 0 Å². The lowest BCUT2D eigenvalue weighted by atomic mass is 10.0. The van der Waals surface area contributed by atoms with Gasteiger partial charge in [-0.15, -0.1) is 0 Å². The quantitative estimate of drug-likeness (QED) is 0.247. The number of benzene rings is 2. The van der Waals surface area contributed by atoms with Gasteiger partial charge in [0.25, 0.3) is 11.8 Å². The molecular formula is C27H31ClN2O5. The van der Waals surface area contributed by atoms with E-state index in [1.807, 2.05) is 26.8 Å². The molecule has 0 bridgehead atoms. The standard InChI is InChI=1S/C27H31ClN2O5/c1-5-7-8-9-12-35-24-22(28)15-19(16-23(24)34-6-2)14-21-25(31)29-27(33)30(26(21)32)20-11-10-17(3)18(4)13-20/h10-11,13-16H,5-9,12H2,1-4H3,(H,29,31,33)/b21-14-. The van der Waals surface area contributed by atoms with E-state index in [1.54, 1.807) is 24.3 Å². The Morgan fingerprint density at radius 2 is 1.74 bits per heavy atom. The first-order chi connectivity index (χ1) is 16.8. The third-order valence-corrected chi connectivity index (χ3v) is 6.02. The number of carbonyl (C=O) groups excluding carboxylic acids is 3. The Hall–Kier alpha value is -3.32. The highest BCUT2D eigenvalue weighted by Gasteiger charge is 2.37. The molecule has 1 aliphatic heterocycles. The van der Waals surface area contributed by atoms with Crippen LogP contribution in [0.3, 0.4) is 0 Å². The van der Waals surface area contributed by atoms with Gasteiger partial charge in [0.15, 0.2) is 11.5 Å². The zero-order valence-corrected chi connectivity index (χ0v) is 21.3. The number of anilines is 1. The molecule has 0 radical (unpaired) electrons. The van der Waals surface area contributed by atoms with Crippen molar-refractivity contribution in [2.75, 3.05) is 18.1 Å². The molecule has 186 valence electrons. The number of barbiturate groups is 1. The van der Waals surface area contributed by atoms with E-state index in [9.17, 15) is 14.4 Å². The van der Waals surface area contributed by atoms with Crippen LogP contribution in [0, 0.1) is 13.8 Å². The van der Waals surface area contributed by atoms with E-state index in [0.717, 1.165) is 41.7 Å². The van der Waals surface area contributed by atoms with Crippen LogP contribution < -0.4 is 19.7 Å². The maximum Gasteiger partial charge on any atom is 0.335 e. The van der Waals surface area contributed by atoms with E-state index in [0.29, 0.717) is 41.0 Å². The molecule has 0 spiro atoms. The van der Waals surface area contributed by atoms with Gasteiger partial charge in [0.05, 0.1) is 23.9 Å². The maximum atomic E-state index is 13.2. The van der Waals surface area contributed by atoms with E-state index >= 15 is 0 Å². The van der Waals surface area contributed by atoms with Crippen LogP contribution in [-0.2, 0) is 9.59 Å². The van der Waals surface area contributed by atoms with Crippen molar-refractivity contribution < 1.29 is 23.9 Å². The molecule has 0 aromatic heterocycles. The number of rotatable bonds is 10. The third kappa shape index (κ3) is 6.22. The maximum absolute atomic E-state index is 13.2. The fourth-order valence-electron chi connectivity index (χ4n) is 3.70. The van der Waals surface area contributed by atoms with Gasteiger partial charge in [-0.05, 0) is 74.2 Å². The van der Waals surface area contributed by atoms with Crippen molar-refractivity contribution >= 4 is 41.2 Å². The number of aryl methyl sites for hydroxylation is 2. The molecule has 35 heavy (non-hydrogen) atoms. The number of amides is 4. The van der Waals surface area contributed by atoms with Crippen molar-refractivity contribution in [3.05, 3.63) is 57.6 Å². The van der Waals surface area contributed by atoms with E-state index < -0.39 is 17.8 Å². The molecule has 7 nitrogen and oxygen atoms in total. The van der Waals surface area contributed by atoms with Gasteiger partial charge in [0.2, 0.25) is 0 Å². The highest BCUT2D eigenvalue weighted by molar-refractivity contribution is 6.39. The summed E-state index contributed by atoms with van der Waals surface area (Å²) in [7, 11) is 0. The Kier molecular flexibility index (Phi) is 8.93. The van der Waals surface area contributed by atoms with Crippen molar-refractivity contribution in [2.45, 2.75) is 53.4 Å². The molecule has 1 saturated heterocycles. The van der Waals surface area contributed by atoms with Crippen LogP contribution in [0.2, 0.25) is 5.02 Å². The van der Waals surface area contributed by atoms with Crippen molar-refractivity contribution in [1.29, 1.82) is 0 Å². The normalized spacial score (nSPS) is 14.9. The number of nitrogens with zero attached hydrogens (tertiary/aromatic N) is 1. The van der Waals surface area contributed by atoms with E-state index in [4.69, 9.17) is 21.1 Å². The lowest BCUT2D eigenvalue weighted by Crippen LogP contribution is -2.54. The molecule has 0 atom stereocenters. The van der Waals surface area contributed by atoms with Gasteiger partial charge in [-0.25, -0.2) is 9.69 Å². The Morgan fingerprint density at radius 3 is 2.43 bits per heavy atom. The molecule has 3 rings (SSSR count). The summed E-state index contributed by atoms with van der Waals surface area (Å²) in [5, 5.41) is 2.55. The average molecular weight is 499 g/mol. The lowest BCUT2D eigenvalue weighted by Gasteiger charge is -2.27. The van der Waals surface area contributed by atoms with Gasteiger partial charge < -0.3 is 9.47 Å². The summed E-state index contributed by atoms with van der Waals surface area (Å²) in [6.07, 6.45) is 5.64. The van der Waals surface area contributed by atoms with Crippen molar-refractivity contribution in [1.82, 2.24) is 5.32 Å². The summed E-state index contributed by atoms with van der Waals surface area (Å²) >= 11 is 6.50. The van der Waals surface area contributed by atoms with E-state index in [2.05, 4.69) is 12.2 Å². The summed E-state index contributed by atoms with van der Waals surface area (Å²) in [6.45, 7) is 8.70. The lowest BCUT2D eigenvalue weighted by molar-refractivity contribution is -0.122. The molecule has 1 heterocycles. The van der Waals surface area contributed by atoms with Crippen LogP contribution in [-0.4, -0.2) is 31.1 Å². The zero-order valence-electron chi connectivity index (χ0n) is 20.6. The summed E-state index contributed by atoms with van der Waals surface area (Å²) in [5.41, 5.74) is 2.62. The minimum atomic E-state index is -0.791. The van der Waals surface area contributed by atoms with Crippen LogP contribution in [0.1, 0.15) is 56.2 Å². The van der Waals surface area contributed by atoms with E-state index in [-0.39, 0.29) is 5.57 Å². The van der Waals surface area contributed by atoms with Gasteiger partial charge in [-0.2, -0.15) is 0 Å². The largest absolute Gasteiger partial charge is 0.490 e. The molecule has 0 saturated carbocycles. The van der Waals surface area contributed by atoms with Gasteiger partial charge in [-0.3, -0.25) is 14.9 Å². The number of halogens is 1. The van der Waals surface area contributed by atoms with E-state index in [1.165, 1.54) is 6.08 Å². The van der Waals surface area contributed by atoms with Gasteiger partial charge >= 0.3 is 6.03 Å². The number of carbonyl (C=O) groups is 3. The molecule has 0 unspecified atom stereocenters. The molecule has 8 heteroatoms. The number of imide groups is 2. The second kappa shape index (κ2) is 11.9. The highest BCUT2D eigenvalue weighted by atomic mass is 35.5. The Balaban J connectivity index is 1.92. The molecule has 1 aliphatic rings. The number of hydrogen-bond donors (Lipinski definition) is 1. The molecule has 2 aromatic rings. The van der Waals surface area contributed by atoms with Crippen LogP contribution in [0.25, 0.3) is 6.08 Å². The molecule has 4 amide bonds. The number of unbranched alkanes of at least 4 members (excludes halogenated alkanes) is 3. The third-order valence-electron chi connectivity index (χ3n) is 5.74. The smallest absolute Gasteiger partial charge is 0.335 e. The summed E-state index contributed by atoms with van der Waals surface area (Å²) in [5.74, 6) is -0.635. The van der Waals surface area contributed by atoms with Gasteiger partial charge in [-0.1, -0.05) is 43.9 Å². The van der Waals surface area contributed by atoms with Crippen molar-refractivity contribution in [2.24, 2.45) is 0 Å².